The molecule has 102 valence electrons. The van der Waals surface area contributed by atoms with Crippen LogP contribution >= 0.6 is 0 Å². The molecule has 19 heavy (non-hydrogen) atoms. The van der Waals surface area contributed by atoms with Crippen molar-refractivity contribution in [2.24, 2.45) is 0 Å². The third kappa shape index (κ3) is 3.24. The van der Waals surface area contributed by atoms with Gasteiger partial charge in [-0.15, -0.1) is 0 Å². The van der Waals surface area contributed by atoms with E-state index >= 15 is 0 Å². The van der Waals surface area contributed by atoms with E-state index in [9.17, 15) is 13.2 Å². The molecule has 0 aliphatic rings. The summed E-state index contributed by atoms with van der Waals surface area (Å²) < 4.78 is 38.8. The van der Waals surface area contributed by atoms with E-state index in [2.05, 4.69) is 9.97 Å². The normalized spacial score (nSPS) is 13.5. The first kappa shape index (κ1) is 13.4. The molecule has 2 aromatic rings. The molecule has 2 N–H and O–H groups in total. The Kier molecular flexibility index (Phi) is 3.46. The van der Waals surface area contributed by atoms with Crippen molar-refractivity contribution >= 4 is 5.82 Å². The summed E-state index contributed by atoms with van der Waals surface area (Å²) in [5.74, 6) is 0.359. The summed E-state index contributed by atoms with van der Waals surface area (Å²) in [7, 11) is 0. The summed E-state index contributed by atoms with van der Waals surface area (Å²) in [6.07, 6.45) is -0.690. The second-order valence-corrected chi connectivity index (χ2v) is 4.33. The fourth-order valence-corrected chi connectivity index (χ4v) is 1.87. The zero-order valence-electron chi connectivity index (χ0n) is 10.2. The maximum absolute atomic E-state index is 12.4. The Morgan fingerprint density at radius 3 is 2.63 bits per heavy atom. The summed E-state index contributed by atoms with van der Waals surface area (Å²) in [6, 6.07) is 2.58. The Hall–Kier alpha value is -2.05. The average molecular weight is 270 g/mol. The zero-order valence-corrected chi connectivity index (χ0v) is 10.2. The molecule has 0 aliphatic heterocycles. The van der Waals surface area contributed by atoms with Crippen molar-refractivity contribution in [3.63, 3.8) is 0 Å². The molecule has 2 rings (SSSR count). The van der Waals surface area contributed by atoms with Crippen LogP contribution in [0.5, 0.6) is 0 Å². The first-order chi connectivity index (χ1) is 8.87. The smallest absolute Gasteiger partial charge is 0.384 e. The van der Waals surface area contributed by atoms with Gasteiger partial charge in [0.25, 0.3) is 0 Å². The second-order valence-electron chi connectivity index (χ2n) is 4.33. The number of pyridine rings is 1. The number of halogens is 3. The Morgan fingerprint density at radius 2 is 2.05 bits per heavy atom. The molecule has 0 fully saturated rings. The number of alkyl halides is 3. The number of hydrogen-bond acceptors (Lipinski definition) is 3. The van der Waals surface area contributed by atoms with Crippen LogP contribution in [0.3, 0.4) is 0 Å². The van der Waals surface area contributed by atoms with Crippen LogP contribution in [0.25, 0.3) is 11.3 Å². The molecule has 1 unspecified atom stereocenters. The highest BCUT2D eigenvalue weighted by atomic mass is 19.4. The molecule has 2 heterocycles. The molecule has 0 spiro atoms. The largest absolute Gasteiger partial charge is 0.391 e. The minimum Gasteiger partial charge on any atom is -0.384 e. The first-order valence-electron chi connectivity index (χ1n) is 5.67. The van der Waals surface area contributed by atoms with E-state index in [0.717, 1.165) is 0 Å². The molecule has 2 aromatic heterocycles. The van der Waals surface area contributed by atoms with Crippen LogP contribution in [0.4, 0.5) is 19.0 Å². The third-order valence-electron chi connectivity index (χ3n) is 2.75. The van der Waals surface area contributed by atoms with Gasteiger partial charge in [0.15, 0.2) is 0 Å². The van der Waals surface area contributed by atoms with Crippen molar-refractivity contribution < 1.29 is 13.2 Å². The lowest BCUT2D eigenvalue weighted by Crippen LogP contribution is -2.16. The van der Waals surface area contributed by atoms with E-state index in [0.29, 0.717) is 17.1 Å². The van der Waals surface area contributed by atoms with E-state index in [1.807, 2.05) is 0 Å². The van der Waals surface area contributed by atoms with Crippen LogP contribution in [-0.4, -0.2) is 20.7 Å². The second kappa shape index (κ2) is 4.91. The van der Waals surface area contributed by atoms with Crippen LogP contribution in [0, 0.1) is 0 Å². The molecular weight excluding hydrogens is 257 g/mol. The lowest BCUT2D eigenvalue weighted by atomic mass is 10.1. The minimum absolute atomic E-state index is 0.359. The number of aromatic nitrogens is 3. The van der Waals surface area contributed by atoms with E-state index in [1.54, 1.807) is 12.1 Å². The van der Waals surface area contributed by atoms with Gasteiger partial charge < -0.3 is 10.3 Å². The SMILES string of the molecule is CC(CC(F)(F)F)n1cncc1-c1ccc(N)nc1. The molecule has 0 saturated heterocycles. The van der Waals surface area contributed by atoms with Crippen LogP contribution < -0.4 is 5.73 Å². The highest BCUT2D eigenvalue weighted by Gasteiger charge is 2.31. The molecule has 0 radical (unpaired) electrons. The van der Waals surface area contributed by atoms with Crippen molar-refractivity contribution in [3.05, 3.63) is 30.9 Å². The van der Waals surface area contributed by atoms with Gasteiger partial charge in [0.2, 0.25) is 0 Å². The monoisotopic (exact) mass is 270 g/mol. The highest BCUT2D eigenvalue weighted by Crippen LogP contribution is 2.30. The molecule has 0 saturated carbocycles. The van der Waals surface area contributed by atoms with Crippen molar-refractivity contribution in [1.29, 1.82) is 0 Å². The van der Waals surface area contributed by atoms with E-state index in [4.69, 9.17) is 5.73 Å². The summed E-state index contributed by atoms with van der Waals surface area (Å²) >= 11 is 0. The van der Waals surface area contributed by atoms with Gasteiger partial charge in [0.1, 0.15) is 5.82 Å². The number of anilines is 1. The predicted molar refractivity (Wildman–Crippen MR) is 65.3 cm³/mol. The van der Waals surface area contributed by atoms with Gasteiger partial charge in [-0.2, -0.15) is 13.2 Å². The summed E-state index contributed by atoms with van der Waals surface area (Å²) in [4.78, 5) is 7.83. The van der Waals surface area contributed by atoms with E-state index in [-0.39, 0.29) is 0 Å². The third-order valence-corrected chi connectivity index (χ3v) is 2.75. The molecule has 0 aromatic carbocycles. The van der Waals surface area contributed by atoms with Gasteiger partial charge in [-0.05, 0) is 19.1 Å². The molecule has 0 bridgehead atoms. The average Bonchev–Trinajstić information content (AvgIpc) is 2.76. The van der Waals surface area contributed by atoms with Crippen molar-refractivity contribution in [2.45, 2.75) is 25.6 Å². The van der Waals surface area contributed by atoms with Gasteiger partial charge in [-0.25, -0.2) is 9.97 Å². The van der Waals surface area contributed by atoms with E-state index < -0.39 is 18.6 Å². The summed E-state index contributed by atoms with van der Waals surface area (Å²) in [5.41, 5.74) is 6.75. The van der Waals surface area contributed by atoms with Gasteiger partial charge in [0, 0.05) is 17.8 Å². The molecular formula is C12H13F3N4. The van der Waals surface area contributed by atoms with Gasteiger partial charge in [0.05, 0.1) is 24.6 Å². The number of hydrogen-bond donors (Lipinski definition) is 1. The number of nitrogen functional groups attached to an aromatic ring is 1. The first-order valence-corrected chi connectivity index (χ1v) is 5.67. The fourth-order valence-electron chi connectivity index (χ4n) is 1.87. The lowest BCUT2D eigenvalue weighted by molar-refractivity contribution is -0.141. The Labute approximate surface area is 108 Å². The Bertz CT molecular complexity index is 545. The molecule has 0 aliphatic carbocycles. The fraction of sp³-hybridized carbons (Fsp3) is 0.333. The van der Waals surface area contributed by atoms with Gasteiger partial charge in [-0.1, -0.05) is 0 Å². The van der Waals surface area contributed by atoms with Crippen LogP contribution in [0.15, 0.2) is 30.9 Å². The van der Waals surface area contributed by atoms with Crippen molar-refractivity contribution in [3.8, 4) is 11.3 Å². The highest BCUT2D eigenvalue weighted by molar-refractivity contribution is 5.59. The van der Waals surface area contributed by atoms with Crippen LogP contribution in [0.1, 0.15) is 19.4 Å². The van der Waals surface area contributed by atoms with Crippen molar-refractivity contribution in [1.82, 2.24) is 14.5 Å². The number of nitrogens with zero attached hydrogens (tertiary/aromatic N) is 3. The molecule has 1 atom stereocenters. The predicted octanol–water partition coefficient (Wildman–Crippen LogP) is 3.04. The summed E-state index contributed by atoms with van der Waals surface area (Å²) in [5, 5.41) is 0. The van der Waals surface area contributed by atoms with Gasteiger partial charge >= 0.3 is 6.18 Å². The van der Waals surface area contributed by atoms with E-state index in [1.165, 1.54) is 30.2 Å². The number of imidazole rings is 1. The topological polar surface area (TPSA) is 56.7 Å². The zero-order chi connectivity index (χ0) is 14.0. The minimum atomic E-state index is -4.21. The molecule has 4 nitrogen and oxygen atoms in total. The standard InChI is InChI=1S/C12H13F3N4/c1-8(4-12(13,14)15)19-7-17-6-10(19)9-2-3-11(16)18-5-9/h2-3,5-8H,4H2,1H3,(H2,16,18). The molecule has 7 heteroatoms. The Morgan fingerprint density at radius 1 is 1.32 bits per heavy atom. The number of nitrogens with two attached hydrogens (primary N) is 1. The maximum atomic E-state index is 12.4. The van der Waals surface area contributed by atoms with Crippen molar-refractivity contribution in [2.75, 3.05) is 5.73 Å². The number of rotatable bonds is 3. The quantitative estimate of drug-likeness (QED) is 0.932. The maximum Gasteiger partial charge on any atom is 0.391 e. The van der Waals surface area contributed by atoms with Crippen LogP contribution in [-0.2, 0) is 0 Å². The Balaban J connectivity index is 2.29. The summed E-state index contributed by atoms with van der Waals surface area (Å²) in [6.45, 7) is 1.50. The van der Waals surface area contributed by atoms with Crippen LogP contribution in [0.2, 0.25) is 0 Å². The lowest BCUT2D eigenvalue weighted by Gasteiger charge is -2.18. The van der Waals surface area contributed by atoms with Gasteiger partial charge in [-0.3, -0.25) is 0 Å². The molecule has 0 amide bonds.